The van der Waals surface area contributed by atoms with Gasteiger partial charge in [0.25, 0.3) is 0 Å². The van der Waals surface area contributed by atoms with Crippen LogP contribution in [0.2, 0.25) is 0 Å². The van der Waals surface area contributed by atoms with E-state index in [-0.39, 0.29) is 5.56 Å². The van der Waals surface area contributed by atoms with E-state index in [1.807, 2.05) is 6.92 Å². The van der Waals surface area contributed by atoms with Gasteiger partial charge in [-0.1, -0.05) is 13.3 Å². The third kappa shape index (κ3) is 2.37. The second-order valence-corrected chi connectivity index (χ2v) is 3.70. The number of halogens is 2. The number of carbonyl (C=O) groups excluding carboxylic acids is 1. The summed E-state index contributed by atoms with van der Waals surface area (Å²) in [6, 6.07) is 3.31. The normalized spacial score (nSPS) is 10.1. The first-order valence-corrected chi connectivity index (χ1v) is 4.91. The number of aryl methyl sites for hydroxylation is 1. The zero-order chi connectivity index (χ0) is 9.84. The van der Waals surface area contributed by atoms with Gasteiger partial charge in [0.05, 0.1) is 10.0 Å². The molecule has 0 saturated heterocycles. The molecule has 70 valence electrons. The van der Waals surface area contributed by atoms with Crippen LogP contribution in [-0.4, -0.2) is 6.29 Å². The highest BCUT2D eigenvalue weighted by Crippen LogP contribution is 2.21. The molecular formula is C10H10BrFO. The molecule has 3 heteroatoms. The first-order chi connectivity index (χ1) is 6.19. The summed E-state index contributed by atoms with van der Waals surface area (Å²) in [4.78, 5) is 10.5. The predicted octanol–water partition coefficient (Wildman–Crippen LogP) is 3.35. The summed E-state index contributed by atoms with van der Waals surface area (Å²) in [5, 5.41) is 0. The van der Waals surface area contributed by atoms with Crippen molar-refractivity contribution in [2.24, 2.45) is 0 Å². The number of aldehydes is 1. The van der Waals surface area contributed by atoms with E-state index >= 15 is 0 Å². The minimum Gasteiger partial charge on any atom is -0.298 e. The Morgan fingerprint density at radius 2 is 2.23 bits per heavy atom. The van der Waals surface area contributed by atoms with Gasteiger partial charge in [-0.2, -0.15) is 0 Å². The highest BCUT2D eigenvalue weighted by molar-refractivity contribution is 9.10. The van der Waals surface area contributed by atoms with Gasteiger partial charge in [0, 0.05) is 0 Å². The van der Waals surface area contributed by atoms with Crippen LogP contribution >= 0.6 is 15.9 Å². The molecule has 0 aliphatic carbocycles. The van der Waals surface area contributed by atoms with Crippen molar-refractivity contribution in [2.45, 2.75) is 19.8 Å². The Morgan fingerprint density at radius 3 is 2.77 bits per heavy atom. The lowest BCUT2D eigenvalue weighted by Crippen LogP contribution is -1.93. The minimum absolute atomic E-state index is 0.123. The zero-order valence-electron chi connectivity index (χ0n) is 7.31. The van der Waals surface area contributed by atoms with E-state index in [2.05, 4.69) is 15.9 Å². The highest BCUT2D eigenvalue weighted by Gasteiger charge is 2.07. The molecule has 0 fully saturated rings. The molecule has 1 rings (SSSR count). The lowest BCUT2D eigenvalue weighted by molar-refractivity contribution is 0.111. The number of hydrogen-bond donors (Lipinski definition) is 0. The van der Waals surface area contributed by atoms with E-state index in [4.69, 9.17) is 0 Å². The second kappa shape index (κ2) is 4.51. The number of hydrogen-bond acceptors (Lipinski definition) is 1. The fourth-order valence-corrected chi connectivity index (χ4v) is 1.71. The predicted molar refractivity (Wildman–Crippen MR) is 53.5 cm³/mol. The summed E-state index contributed by atoms with van der Waals surface area (Å²) in [6.45, 7) is 2.04. The Morgan fingerprint density at radius 1 is 1.54 bits per heavy atom. The van der Waals surface area contributed by atoms with Gasteiger partial charge >= 0.3 is 0 Å². The van der Waals surface area contributed by atoms with Crippen molar-refractivity contribution in [1.29, 1.82) is 0 Å². The van der Waals surface area contributed by atoms with Gasteiger partial charge in [0.15, 0.2) is 6.29 Å². The molecule has 1 aromatic carbocycles. The van der Waals surface area contributed by atoms with Crippen molar-refractivity contribution in [3.05, 3.63) is 33.5 Å². The van der Waals surface area contributed by atoms with Gasteiger partial charge in [0.1, 0.15) is 5.82 Å². The molecular weight excluding hydrogens is 235 g/mol. The summed E-state index contributed by atoms with van der Waals surface area (Å²) in [6.07, 6.45) is 2.38. The van der Waals surface area contributed by atoms with Crippen LogP contribution < -0.4 is 0 Å². The Kier molecular flexibility index (Phi) is 3.60. The lowest BCUT2D eigenvalue weighted by Gasteiger charge is -2.03. The third-order valence-electron chi connectivity index (χ3n) is 1.78. The van der Waals surface area contributed by atoms with E-state index in [0.717, 1.165) is 18.4 Å². The first kappa shape index (κ1) is 10.4. The van der Waals surface area contributed by atoms with Gasteiger partial charge in [0.2, 0.25) is 0 Å². The summed E-state index contributed by atoms with van der Waals surface area (Å²) >= 11 is 3.07. The maximum absolute atomic E-state index is 13.1. The van der Waals surface area contributed by atoms with Gasteiger partial charge in [-0.3, -0.25) is 4.79 Å². The highest BCUT2D eigenvalue weighted by atomic mass is 79.9. The molecule has 0 radical (unpaired) electrons. The van der Waals surface area contributed by atoms with E-state index in [1.165, 1.54) is 0 Å². The smallest absolute Gasteiger partial charge is 0.153 e. The lowest BCUT2D eigenvalue weighted by atomic mass is 10.1. The van der Waals surface area contributed by atoms with Crippen LogP contribution in [0.4, 0.5) is 4.39 Å². The van der Waals surface area contributed by atoms with E-state index in [0.29, 0.717) is 10.8 Å². The Labute approximate surface area is 85.1 Å². The molecule has 1 nitrogen and oxygen atoms in total. The molecule has 0 atom stereocenters. The third-order valence-corrected chi connectivity index (χ3v) is 2.36. The van der Waals surface area contributed by atoms with E-state index < -0.39 is 5.82 Å². The largest absolute Gasteiger partial charge is 0.298 e. The molecule has 0 spiro atoms. The maximum atomic E-state index is 13.1. The van der Waals surface area contributed by atoms with Gasteiger partial charge in [-0.25, -0.2) is 4.39 Å². The molecule has 0 aliphatic rings. The van der Waals surface area contributed by atoms with E-state index in [9.17, 15) is 9.18 Å². The summed E-state index contributed by atoms with van der Waals surface area (Å²) in [5.74, 6) is -0.477. The fraction of sp³-hybridized carbons (Fsp3) is 0.300. The van der Waals surface area contributed by atoms with Gasteiger partial charge in [-0.05, 0) is 40.0 Å². The molecule has 0 unspecified atom stereocenters. The van der Waals surface area contributed by atoms with Crippen LogP contribution in [-0.2, 0) is 6.42 Å². The number of rotatable bonds is 3. The van der Waals surface area contributed by atoms with Crippen LogP contribution in [0.3, 0.4) is 0 Å². The monoisotopic (exact) mass is 244 g/mol. The SMILES string of the molecule is CCCc1cc(Br)c(F)c(C=O)c1. The van der Waals surface area contributed by atoms with E-state index in [1.54, 1.807) is 12.1 Å². The van der Waals surface area contributed by atoms with Crippen molar-refractivity contribution >= 4 is 22.2 Å². The molecule has 0 aromatic heterocycles. The van der Waals surface area contributed by atoms with Crippen LogP contribution in [0, 0.1) is 5.82 Å². The van der Waals surface area contributed by atoms with Crippen molar-refractivity contribution in [2.75, 3.05) is 0 Å². The summed E-state index contributed by atoms with van der Waals surface area (Å²) in [7, 11) is 0. The average molecular weight is 245 g/mol. The summed E-state index contributed by atoms with van der Waals surface area (Å²) < 4.78 is 13.5. The quantitative estimate of drug-likeness (QED) is 0.746. The Balaban J connectivity index is 3.14. The molecule has 0 aliphatic heterocycles. The molecule has 0 bridgehead atoms. The first-order valence-electron chi connectivity index (χ1n) is 4.12. The van der Waals surface area contributed by atoms with Crippen molar-refractivity contribution in [3.63, 3.8) is 0 Å². The number of carbonyl (C=O) groups is 1. The number of benzene rings is 1. The minimum atomic E-state index is -0.477. The Hall–Kier alpha value is -0.700. The Bertz CT molecular complexity index is 323. The average Bonchev–Trinajstić information content (AvgIpc) is 2.11. The summed E-state index contributed by atoms with van der Waals surface area (Å²) in [5.41, 5.74) is 1.11. The van der Waals surface area contributed by atoms with Crippen LogP contribution in [0.1, 0.15) is 29.3 Å². The van der Waals surface area contributed by atoms with Crippen LogP contribution in [0.15, 0.2) is 16.6 Å². The van der Waals surface area contributed by atoms with Crippen LogP contribution in [0.5, 0.6) is 0 Å². The van der Waals surface area contributed by atoms with Crippen molar-refractivity contribution < 1.29 is 9.18 Å². The standard InChI is InChI=1S/C10H10BrFO/c1-2-3-7-4-8(6-13)10(12)9(11)5-7/h4-6H,2-3H2,1H3. The molecule has 0 saturated carbocycles. The molecule has 0 amide bonds. The maximum Gasteiger partial charge on any atom is 0.153 e. The van der Waals surface area contributed by atoms with Crippen LogP contribution in [0.25, 0.3) is 0 Å². The van der Waals surface area contributed by atoms with Gasteiger partial charge < -0.3 is 0 Å². The molecule has 0 heterocycles. The van der Waals surface area contributed by atoms with Crippen molar-refractivity contribution in [3.8, 4) is 0 Å². The molecule has 13 heavy (non-hydrogen) atoms. The molecule has 1 aromatic rings. The molecule has 0 N–H and O–H groups in total. The van der Waals surface area contributed by atoms with Crippen molar-refractivity contribution in [1.82, 2.24) is 0 Å². The topological polar surface area (TPSA) is 17.1 Å². The van der Waals surface area contributed by atoms with Gasteiger partial charge in [-0.15, -0.1) is 0 Å². The second-order valence-electron chi connectivity index (χ2n) is 2.85. The zero-order valence-corrected chi connectivity index (χ0v) is 8.90. The fourth-order valence-electron chi connectivity index (χ4n) is 1.19.